The summed E-state index contributed by atoms with van der Waals surface area (Å²) in [5.41, 5.74) is 10.2. The van der Waals surface area contributed by atoms with Gasteiger partial charge < -0.3 is 15.4 Å². The molecule has 0 saturated heterocycles. The van der Waals surface area contributed by atoms with E-state index >= 15 is 0 Å². The van der Waals surface area contributed by atoms with Gasteiger partial charge in [0.05, 0.1) is 0 Å². The van der Waals surface area contributed by atoms with Crippen LogP contribution < -0.4 is 10.5 Å². The molecule has 122 valence electrons. The Morgan fingerprint density at radius 3 is 2.26 bits per heavy atom. The Balaban J connectivity index is 2.06. The molecule has 23 heavy (non-hydrogen) atoms. The summed E-state index contributed by atoms with van der Waals surface area (Å²) >= 11 is 0. The summed E-state index contributed by atoms with van der Waals surface area (Å²) in [6, 6.07) is 16.3. The van der Waals surface area contributed by atoms with E-state index in [-0.39, 0.29) is 0 Å². The highest BCUT2D eigenvalue weighted by Gasteiger charge is 2.01. The van der Waals surface area contributed by atoms with Gasteiger partial charge in [0.15, 0.2) is 0 Å². The molecule has 0 aromatic heterocycles. The Kier molecular flexibility index (Phi) is 6.24. The normalized spacial score (nSPS) is 11.7. The highest BCUT2D eigenvalue weighted by molar-refractivity contribution is 5.81. The molecule has 0 fully saturated rings. The number of rotatable bonds is 7. The third kappa shape index (κ3) is 5.46. The Morgan fingerprint density at radius 2 is 1.70 bits per heavy atom. The van der Waals surface area contributed by atoms with E-state index in [1.165, 1.54) is 16.7 Å². The first-order valence-electron chi connectivity index (χ1n) is 8.02. The van der Waals surface area contributed by atoms with Crippen molar-refractivity contribution in [3.05, 3.63) is 59.7 Å². The van der Waals surface area contributed by atoms with Crippen molar-refractivity contribution in [2.75, 3.05) is 33.0 Å². The van der Waals surface area contributed by atoms with Gasteiger partial charge in [-0.15, -0.1) is 0 Å². The predicted octanol–water partition coefficient (Wildman–Crippen LogP) is 4.16. The maximum atomic E-state index is 5.76. The lowest BCUT2D eigenvalue weighted by atomic mass is 10.0. The molecule has 0 aliphatic rings. The van der Waals surface area contributed by atoms with Gasteiger partial charge in [0, 0.05) is 12.2 Å². The lowest BCUT2D eigenvalue weighted by Gasteiger charge is -2.11. The van der Waals surface area contributed by atoms with Crippen LogP contribution in [-0.4, -0.2) is 32.1 Å². The van der Waals surface area contributed by atoms with Gasteiger partial charge in [0.1, 0.15) is 12.4 Å². The maximum absolute atomic E-state index is 5.76. The molecule has 0 spiro atoms. The number of hydrogen-bond donors (Lipinski definition) is 1. The second-order valence-corrected chi connectivity index (χ2v) is 5.87. The van der Waals surface area contributed by atoms with Gasteiger partial charge in [0.2, 0.25) is 0 Å². The van der Waals surface area contributed by atoms with E-state index in [0.717, 1.165) is 24.4 Å². The SMILES string of the molecule is CCC(=Cc1ccc(OCCN(C)C)cc1)c1ccc(N)cc1. The predicted molar refractivity (Wildman–Crippen MR) is 99.5 cm³/mol. The topological polar surface area (TPSA) is 38.5 Å². The fourth-order valence-corrected chi connectivity index (χ4v) is 2.29. The molecule has 0 saturated carbocycles. The summed E-state index contributed by atoms with van der Waals surface area (Å²) in [5.74, 6) is 0.912. The van der Waals surface area contributed by atoms with E-state index in [9.17, 15) is 0 Å². The number of nitrogen functional groups attached to an aromatic ring is 1. The molecule has 0 heterocycles. The summed E-state index contributed by atoms with van der Waals surface area (Å²) in [7, 11) is 4.08. The van der Waals surface area contributed by atoms with Crippen LogP contribution in [-0.2, 0) is 0 Å². The number of nitrogens with zero attached hydrogens (tertiary/aromatic N) is 1. The summed E-state index contributed by atoms with van der Waals surface area (Å²) < 4.78 is 5.72. The molecule has 0 radical (unpaired) electrons. The molecule has 0 aliphatic heterocycles. The van der Waals surface area contributed by atoms with Gasteiger partial charge in [-0.1, -0.05) is 37.3 Å². The average Bonchev–Trinajstić information content (AvgIpc) is 2.54. The van der Waals surface area contributed by atoms with Gasteiger partial charge in [-0.3, -0.25) is 0 Å². The molecule has 3 nitrogen and oxygen atoms in total. The van der Waals surface area contributed by atoms with Crippen LogP contribution in [0.25, 0.3) is 11.6 Å². The third-order valence-electron chi connectivity index (χ3n) is 3.69. The van der Waals surface area contributed by atoms with Crippen LogP contribution in [0.4, 0.5) is 5.69 Å². The van der Waals surface area contributed by atoms with Crippen molar-refractivity contribution >= 4 is 17.3 Å². The third-order valence-corrected chi connectivity index (χ3v) is 3.69. The Morgan fingerprint density at radius 1 is 1.04 bits per heavy atom. The first kappa shape index (κ1) is 17.1. The number of likely N-dealkylation sites (N-methyl/N-ethyl adjacent to an activating group) is 1. The first-order valence-corrected chi connectivity index (χ1v) is 8.02. The van der Waals surface area contributed by atoms with Crippen LogP contribution in [0.1, 0.15) is 24.5 Å². The number of allylic oxidation sites excluding steroid dienone is 1. The molecule has 3 heteroatoms. The van der Waals surface area contributed by atoms with Crippen molar-refractivity contribution in [2.45, 2.75) is 13.3 Å². The Bertz CT molecular complexity index is 628. The smallest absolute Gasteiger partial charge is 0.119 e. The van der Waals surface area contributed by atoms with E-state index in [1.54, 1.807) is 0 Å². The lowest BCUT2D eigenvalue weighted by Crippen LogP contribution is -2.19. The van der Waals surface area contributed by atoms with Gasteiger partial charge in [-0.05, 0) is 61.5 Å². The second kappa shape index (κ2) is 8.39. The summed E-state index contributed by atoms with van der Waals surface area (Å²) in [5, 5.41) is 0. The number of anilines is 1. The molecule has 0 unspecified atom stereocenters. The molecule has 0 amide bonds. The molecule has 2 aromatic carbocycles. The molecule has 0 bridgehead atoms. The highest BCUT2D eigenvalue weighted by atomic mass is 16.5. The minimum atomic E-state index is 0.702. The summed E-state index contributed by atoms with van der Waals surface area (Å²) in [4.78, 5) is 2.11. The molecule has 0 aliphatic carbocycles. The van der Waals surface area contributed by atoms with Gasteiger partial charge >= 0.3 is 0 Å². The fraction of sp³-hybridized carbons (Fsp3) is 0.300. The lowest BCUT2D eigenvalue weighted by molar-refractivity contribution is 0.261. The van der Waals surface area contributed by atoms with Crippen LogP contribution in [0.3, 0.4) is 0 Å². The van der Waals surface area contributed by atoms with Crippen molar-refractivity contribution in [3.63, 3.8) is 0 Å². The van der Waals surface area contributed by atoms with Gasteiger partial charge in [-0.25, -0.2) is 0 Å². The second-order valence-electron chi connectivity index (χ2n) is 5.87. The van der Waals surface area contributed by atoms with Crippen LogP contribution in [0.5, 0.6) is 5.75 Å². The average molecular weight is 310 g/mol. The van der Waals surface area contributed by atoms with Crippen molar-refractivity contribution in [1.29, 1.82) is 0 Å². The van der Waals surface area contributed by atoms with E-state index in [1.807, 2.05) is 38.4 Å². The monoisotopic (exact) mass is 310 g/mol. The van der Waals surface area contributed by atoms with Crippen LogP contribution in [0.15, 0.2) is 48.5 Å². The van der Waals surface area contributed by atoms with Crippen LogP contribution >= 0.6 is 0 Å². The standard InChI is InChI=1S/C20H26N2O/c1-4-17(18-7-9-19(21)10-8-18)15-16-5-11-20(12-6-16)23-14-13-22(2)3/h5-12,15H,4,13-14,21H2,1-3H3. The largest absolute Gasteiger partial charge is 0.492 e. The highest BCUT2D eigenvalue weighted by Crippen LogP contribution is 2.23. The quantitative estimate of drug-likeness (QED) is 0.616. The molecule has 2 rings (SSSR count). The summed E-state index contributed by atoms with van der Waals surface area (Å²) in [6.45, 7) is 3.79. The Labute approximate surface area is 139 Å². The minimum absolute atomic E-state index is 0.702. The zero-order valence-electron chi connectivity index (χ0n) is 14.3. The molecule has 2 aromatic rings. The van der Waals surface area contributed by atoms with Crippen molar-refractivity contribution in [2.24, 2.45) is 0 Å². The van der Waals surface area contributed by atoms with Gasteiger partial charge in [-0.2, -0.15) is 0 Å². The van der Waals surface area contributed by atoms with Crippen molar-refractivity contribution in [1.82, 2.24) is 4.90 Å². The van der Waals surface area contributed by atoms with Crippen LogP contribution in [0, 0.1) is 0 Å². The molecular formula is C20H26N2O. The molecule has 0 atom stereocenters. The summed E-state index contributed by atoms with van der Waals surface area (Å²) in [6.07, 6.45) is 3.19. The first-order chi connectivity index (χ1) is 11.1. The molecule has 2 N–H and O–H groups in total. The van der Waals surface area contributed by atoms with Crippen molar-refractivity contribution in [3.8, 4) is 5.75 Å². The van der Waals surface area contributed by atoms with Crippen molar-refractivity contribution < 1.29 is 4.74 Å². The number of benzene rings is 2. The number of hydrogen-bond acceptors (Lipinski definition) is 3. The van der Waals surface area contributed by atoms with E-state index < -0.39 is 0 Å². The van der Waals surface area contributed by atoms with Crippen LogP contribution in [0.2, 0.25) is 0 Å². The Hall–Kier alpha value is -2.26. The minimum Gasteiger partial charge on any atom is -0.492 e. The zero-order valence-corrected chi connectivity index (χ0v) is 14.3. The maximum Gasteiger partial charge on any atom is 0.119 e. The number of nitrogens with two attached hydrogens (primary N) is 1. The van der Waals surface area contributed by atoms with E-state index in [0.29, 0.717) is 6.61 Å². The van der Waals surface area contributed by atoms with Gasteiger partial charge in [0.25, 0.3) is 0 Å². The van der Waals surface area contributed by atoms with E-state index in [4.69, 9.17) is 10.5 Å². The number of ether oxygens (including phenoxy) is 1. The fourth-order valence-electron chi connectivity index (χ4n) is 2.29. The zero-order chi connectivity index (χ0) is 16.7. The molecular weight excluding hydrogens is 284 g/mol. The van der Waals surface area contributed by atoms with E-state index in [2.05, 4.69) is 42.2 Å².